The standard InChI is InChI=1S/C25H25Cl2N3O2/c1-2-30(17-24(32)29-25-20(26)12-8-13-21(25)27)16-15-23(31)28-22-14-7-6-11-19(22)18-9-4-3-5-10-18/h3-14H,2,15-17H2,1H3,(H,28,31)(H,29,32). The predicted octanol–water partition coefficient (Wildman–Crippen LogP) is 5.95. The van der Waals surface area contributed by atoms with Crippen molar-refractivity contribution in [2.24, 2.45) is 0 Å². The van der Waals surface area contributed by atoms with Crippen LogP contribution in [-0.4, -0.2) is 36.3 Å². The summed E-state index contributed by atoms with van der Waals surface area (Å²) in [7, 11) is 0. The molecule has 0 aliphatic carbocycles. The van der Waals surface area contributed by atoms with Gasteiger partial charge in [0.15, 0.2) is 0 Å². The Morgan fingerprint density at radius 2 is 1.47 bits per heavy atom. The van der Waals surface area contributed by atoms with E-state index in [9.17, 15) is 9.59 Å². The molecule has 0 saturated carbocycles. The molecule has 0 spiro atoms. The van der Waals surface area contributed by atoms with Gasteiger partial charge in [-0.25, -0.2) is 0 Å². The smallest absolute Gasteiger partial charge is 0.238 e. The highest BCUT2D eigenvalue weighted by Crippen LogP contribution is 2.30. The van der Waals surface area contributed by atoms with E-state index in [0.29, 0.717) is 28.8 Å². The van der Waals surface area contributed by atoms with E-state index in [1.54, 1.807) is 18.2 Å². The summed E-state index contributed by atoms with van der Waals surface area (Å²) < 4.78 is 0. The average molecular weight is 470 g/mol. The number of carbonyl (C=O) groups is 2. The molecule has 2 amide bonds. The molecular formula is C25H25Cl2N3O2. The molecule has 5 nitrogen and oxygen atoms in total. The van der Waals surface area contributed by atoms with E-state index in [1.165, 1.54) is 0 Å². The van der Waals surface area contributed by atoms with Crippen LogP contribution in [0, 0.1) is 0 Å². The lowest BCUT2D eigenvalue weighted by molar-refractivity contribution is -0.119. The normalized spacial score (nSPS) is 10.8. The van der Waals surface area contributed by atoms with Crippen molar-refractivity contribution in [2.45, 2.75) is 13.3 Å². The molecule has 32 heavy (non-hydrogen) atoms. The molecule has 166 valence electrons. The minimum absolute atomic E-state index is 0.110. The quantitative estimate of drug-likeness (QED) is 0.406. The highest BCUT2D eigenvalue weighted by Gasteiger charge is 2.15. The van der Waals surface area contributed by atoms with Crippen LogP contribution >= 0.6 is 23.2 Å². The molecule has 3 aromatic carbocycles. The summed E-state index contributed by atoms with van der Waals surface area (Å²) in [5, 5.41) is 6.51. The zero-order valence-electron chi connectivity index (χ0n) is 17.8. The summed E-state index contributed by atoms with van der Waals surface area (Å²) in [6, 6.07) is 22.7. The lowest BCUT2D eigenvalue weighted by Gasteiger charge is -2.20. The van der Waals surface area contributed by atoms with Crippen molar-refractivity contribution >= 4 is 46.4 Å². The fourth-order valence-corrected chi connectivity index (χ4v) is 3.77. The highest BCUT2D eigenvalue weighted by molar-refractivity contribution is 6.39. The first-order chi connectivity index (χ1) is 15.5. The van der Waals surface area contributed by atoms with Gasteiger partial charge in [0.25, 0.3) is 0 Å². The number of hydrogen-bond donors (Lipinski definition) is 2. The number of nitrogens with one attached hydrogen (secondary N) is 2. The second-order valence-corrected chi connectivity index (χ2v) is 8.04. The van der Waals surface area contributed by atoms with Crippen LogP contribution < -0.4 is 10.6 Å². The number of amides is 2. The van der Waals surface area contributed by atoms with Gasteiger partial charge in [-0.2, -0.15) is 0 Å². The van der Waals surface area contributed by atoms with Crippen molar-refractivity contribution in [3.8, 4) is 11.1 Å². The minimum atomic E-state index is -0.239. The maximum atomic E-state index is 12.6. The summed E-state index contributed by atoms with van der Waals surface area (Å²) in [6.07, 6.45) is 0.261. The number of rotatable bonds is 9. The van der Waals surface area contributed by atoms with Gasteiger partial charge in [-0.15, -0.1) is 0 Å². The van der Waals surface area contributed by atoms with Crippen LogP contribution in [0.3, 0.4) is 0 Å². The number of nitrogens with zero attached hydrogens (tertiary/aromatic N) is 1. The molecule has 0 fully saturated rings. The molecule has 0 saturated heterocycles. The summed E-state index contributed by atoms with van der Waals surface area (Å²) in [5.41, 5.74) is 3.16. The topological polar surface area (TPSA) is 61.4 Å². The highest BCUT2D eigenvalue weighted by atomic mass is 35.5. The average Bonchev–Trinajstić information content (AvgIpc) is 2.80. The molecule has 0 bridgehead atoms. The van der Waals surface area contributed by atoms with Crippen LogP contribution in [0.4, 0.5) is 11.4 Å². The van der Waals surface area contributed by atoms with Crippen LogP contribution in [0.5, 0.6) is 0 Å². The third kappa shape index (κ3) is 6.57. The monoisotopic (exact) mass is 469 g/mol. The first kappa shape index (κ1) is 23.8. The van der Waals surface area contributed by atoms with Crippen molar-refractivity contribution in [1.82, 2.24) is 4.90 Å². The number of halogens is 2. The number of para-hydroxylation sites is 2. The molecule has 0 aromatic heterocycles. The molecule has 3 rings (SSSR count). The van der Waals surface area contributed by atoms with Crippen molar-refractivity contribution in [3.05, 3.63) is 82.8 Å². The number of benzene rings is 3. The first-order valence-corrected chi connectivity index (χ1v) is 11.1. The zero-order chi connectivity index (χ0) is 22.9. The molecule has 7 heteroatoms. The van der Waals surface area contributed by atoms with Gasteiger partial charge in [0.05, 0.1) is 22.3 Å². The fourth-order valence-electron chi connectivity index (χ4n) is 3.28. The Labute approximate surface area is 198 Å². The van der Waals surface area contributed by atoms with E-state index in [1.807, 2.05) is 66.4 Å². The molecule has 0 radical (unpaired) electrons. The molecule has 0 aliphatic heterocycles. The molecule has 0 heterocycles. The maximum absolute atomic E-state index is 12.6. The van der Waals surface area contributed by atoms with Gasteiger partial charge in [0.1, 0.15) is 0 Å². The molecule has 0 atom stereocenters. The molecule has 0 unspecified atom stereocenters. The van der Waals surface area contributed by atoms with Gasteiger partial charge in [-0.05, 0) is 30.3 Å². The molecule has 2 N–H and O–H groups in total. The fraction of sp³-hybridized carbons (Fsp3) is 0.200. The van der Waals surface area contributed by atoms with E-state index >= 15 is 0 Å². The van der Waals surface area contributed by atoms with Gasteiger partial charge in [-0.1, -0.05) is 84.7 Å². The lowest BCUT2D eigenvalue weighted by atomic mass is 10.0. The van der Waals surface area contributed by atoms with Crippen LogP contribution in [0.1, 0.15) is 13.3 Å². The Balaban J connectivity index is 1.55. The van der Waals surface area contributed by atoms with E-state index in [0.717, 1.165) is 16.8 Å². The van der Waals surface area contributed by atoms with Crippen LogP contribution in [-0.2, 0) is 9.59 Å². The Kier molecular flexibility index (Phi) is 8.68. The minimum Gasteiger partial charge on any atom is -0.325 e. The second kappa shape index (κ2) is 11.7. The summed E-state index contributed by atoms with van der Waals surface area (Å²) >= 11 is 12.2. The van der Waals surface area contributed by atoms with Crippen molar-refractivity contribution in [2.75, 3.05) is 30.3 Å². The first-order valence-electron chi connectivity index (χ1n) is 10.4. The SMILES string of the molecule is CCN(CCC(=O)Nc1ccccc1-c1ccccc1)CC(=O)Nc1c(Cl)cccc1Cl. The van der Waals surface area contributed by atoms with E-state index < -0.39 is 0 Å². The summed E-state index contributed by atoms with van der Waals surface area (Å²) in [4.78, 5) is 27.0. The van der Waals surface area contributed by atoms with Crippen LogP contribution in [0.25, 0.3) is 11.1 Å². The Morgan fingerprint density at radius 1 is 0.812 bits per heavy atom. The van der Waals surface area contributed by atoms with Gasteiger partial charge in [0.2, 0.25) is 11.8 Å². The predicted molar refractivity (Wildman–Crippen MR) is 132 cm³/mol. The van der Waals surface area contributed by atoms with E-state index in [-0.39, 0.29) is 24.8 Å². The van der Waals surface area contributed by atoms with Crippen LogP contribution in [0.2, 0.25) is 10.0 Å². The van der Waals surface area contributed by atoms with Gasteiger partial charge in [0, 0.05) is 24.2 Å². The van der Waals surface area contributed by atoms with Gasteiger partial charge >= 0.3 is 0 Å². The Bertz CT molecular complexity index is 1050. The number of anilines is 2. The van der Waals surface area contributed by atoms with Crippen molar-refractivity contribution < 1.29 is 9.59 Å². The van der Waals surface area contributed by atoms with E-state index in [4.69, 9.17) is 23.2 Å². The largest absolute Gasteiger partial charge is 0.325 e. The van der Waals surface area contributed by atoms with Crippen LogP contribution in [0.15, 0.2) is 72.8 Å². The lowest BCUT2D eigenvalue weighted by Crippen LogP contribution is -2.35. The van der Waals surface area contributed by atoms with E-state index in [2.05, 4.69) is 10.6 Å². The van der Waals surface area contributed by atoms with Crippen molar-refractivity contribution in [3.63, 3.8) is 0 Å². The molecule has 0 aliphatic rings. The second-order valence-electron chi connectivity index (χ2n) is 7.22. The Morgan fingerprint density at radius 3 is 2.16 bits per heavy atom. The van der Waals surface area contributed by atoms with Crippen molar-refractivity contribution in [1.29, 1.82) is 0 Å². The third-order valence-electron chi connectivity index (χ3n) is 4.98. The third-order valence-corrected chi connectivity index (χ3v) is 5.61. The molecular weight excluding hydrogens is 445 g/mol. The summed E-state index contributed by atoms with van der Waals surface area (Å²) in [5.74, 6) is -0.349. The van der Waals surface area contributed by atoms with Gasteiger partial charge < -0.3 is 10.6 Å². The number of hydrogen-bond acceptors (Lipinski definition) is 3. The van der Waals surface area contributed by atoms with Gasteiger partial charge in [-0.3, -0.25) is 14.5 Å². The Hall–Kier alpha value is -2.86. The zero-order valence-corrected chi connectivity index (χ0v) is 19.3. The number of likely N-dealkylation sites (N-methyl/N-ethyl adjacent to an activating group) is 1. The number of carbonyl (C=O) groups excluding carboxylic acids is 2. The summed E-state index contributed by atoms with van der Waals surface area (Å²) in [6.45, 7) is 3.14. The maximum Gasteiger partial charge on any atom is 0.238 e. The molecule has 3 aromatic rings.